The van der Waals surface area contributed by atoms with Gasteiger partial charge in [-0.2, -0.15) is 5.21 Å². The van der Waals surface area contributed by atoms with Crippen molar-refractivity contribution < 1.29 is 21.1 Å². The molecule has 0 N–H and O–H groups in total. The summed E-state index contributed by atoms with van der Waals surface area (Å²) in [6.45, 7) is 1.85. The number of nitrogens with zero attached hydrogens (tertiary/aromatic N) is 5. The first-order valence-electron chi connectivity index (χ1n) is 2.81. The molecule has 0 fully saturated rings. The maximum atomic E-state index is 4.04. The van der Waals surface area contributed by atoms with Gasteiger partial charge in [0.15, 0.2) is 0 Å². The molecule has 0 aromatic carbocycles. The van der Waals surface area contributed by atoms with E-state index in [9.17, 15) is 0 Å². The maximum absolute atomic E-state index is 4.04. The first kappa shape index (κ1) is 11.2. The van der Waals surface area contributed by atoms with E-state index in [1.54, 1.807) is 6.20 Å². The topological polar surface area (TPSA) is 65.7 Å². The van der Waals surface area contributed by atoms with E-state index in [4.69, 9.17) is 0 Å². The van der Waals surface area contributed by atoms with Gasteiger partial charge < -0.3 is 12.4 Å². The van der Waals surface area contributed by atoms with E-state index in [0.717, 1.165) is 5.69 Å². The summed E-state index contributed by atoms with van der Waals surface area (Å²) in [7, 11) is 0. The molecule has 62 valence electrons. The zero-order valence-electron chi connectivity index (χ0n) is 6.72. The van der Waals surface area contributed by atoms with Crippen molar-refractivity contribution in [2.24, 2.45) is 0 Å². The fourth-order valence-electron chi connectivity index (χ4n) is 0.703. The molecule has 0 saturated carbocycles. The number of aromatic nitrogens is 5. The second kappa shape index (κ2) is 4.26. The van der Waals surface area contributed by atoms with Crippen LogP contribution in [0.5, 0.6) is 0 Å². The Morgan fingerprint density at radius 2 is 2.17 bits per heavy atom. The summed E-state index contributed by atoms with van der Waals surface area (Å²) in [6, 6.07) is 0. The van der Waals surface area contributed by atoms with Crippen molar-refractivity contribution in [3.05, 3.63) is 19.3 Å². The van der Waals surface area contributed by atoms with Gasteiger partial charge in [-0.05, 0) is 12.6 Å². The van der Waals surface area contributed by atoms with Gasteiger partial charge in [0.2, 0.25) is 0 Å². The summed E-state index contributed by atoms with van der Waals surface area (Å²) in [5.41, 5.74) is 1.85. The Morgan fingerprint density at radius 3 is 2.92 bits per heavy atom. The van der Waals surface area contributed by atoms with Gasteiger partial charge in [-0.3, -0.25) is 15.2 Å². The standard InChI is InChI=1S/C5H4N5.CH3.W/c1-3-2-6-4-5(7-3)9-10-8-4;;/h2H,1H3;1H3;/q2*-1;+2. The van der Waals surface area contributed by atoms with Crippen LogP contribution in [0.3, 0.4) is 0 Å². The Kier molecular flexibility index (Phi) is 3.96. The first-order valence-corrected chi connectivity index (χ1v) is 2.81. The Hall–Kier alpha value is -0.832. The predicted octanol–water partition coefficient (Wildman–Crippen LogP) is 0.133. The van der Waals surface area contributed by atoms with Crippen LogP contribution in [-0.2, 0) is 21.1 Å². The van der Waals surface area contributed by atoms with E-state index >= 15 is 0 Å². The zero-order chi connectivity index (χ0) is 6.97. The normalized spacial score (nSPS) is 8.75. The molecule has 2 aromatic heterocycles. The fraction of sp³-hybridized carbons (Fsp3) is 0.167. The molecule has 0 amide bonds. The van der Waals surface area contributed by atoms with Gasteiger partial charge in [-0.15, -0.1) is 0 Å². The van der Waals surface area contributed by atoms with E-state index < -0.39 is 0 Å². The third-order valence-electron chi connectivity index (χ3n) is 1.13. The van der Waals surface area contributed by atoms with Gasteiger partial charge in [0.25, 0.3) is 0 Å². The molecule has 2 aromatic rings. The SMILES string of the molecule is Cc1cnc2nn[n-]c2n1.[CH3-].[W+2]. The quantitative estimate of drug-likeness (QED) is 0.642. The third-order valence-corrected chi connectivity index (χ3v) is 1.13. The van der Waals surface area contributed by atoms with Crippen LogP contribution in [0.4, 0.5) is 0 Å². The largest absolute Gasteiger partial charge is 2.00 e. The molecular formula is C6H7N5W. The Bertz CT molecular complexity index is 357. The minimum absolute atomic E-state index is 0. The van der Waals surface area contributed by atoms with Gasteiger partial charge in [-0.1, -0.05) is 0 Å². The maximum Gasteiger partial charge on any atom is 2.00 e. The monoisotopic (exact) mass is 333 g/mol. The van der Waals surface area contributed by atoms with Gasteiger partial charge >= 0.3 is 21.1 Å². The van der Waals surface area contributed by atoms with Gasteiger partial charge in [0.05, 0.1) is 5.65 Å². The molecule has 0 spiro atoms. The predicted molar refractivity (Wildman–Crippen MR) is 39.6 cm³/mol. The third kappa shape index (κ3) is 1.85. The van der Waals surface area contributed by atoms with Crippen molar-refractivity contribution in [1.82, 2.24) is 25.4 Å². The van der Waals surface area contributed by atoms with Crippen LogP contribution in [0.25, 0.3) is 11.3 Å². The van der Waals surface area contributed by atoms with Crippen molar-refractivity contribution in [3.8, 4) is 0 Å². The van der Waals surface area contributed by atoms with Crippen LogP contribution in [0.2, 0.25) is 0 Å². The van der Waals surface area contributed by atoms with Crippen LogP contribution in [0.1, 0.15) is 5.69 Å². The second-order valence-corrected chi connectivity index (χ2v) is 1.95. The van der Waals surface area contributed by atoms with Crippen molar-refractivity contribution in [1.29, 1.82) is 0 Å². The number of hydrogen-bond acceptors (Lipinski definition) is 4. The molecule has 12 heavy (non-hydrogen) atoms. The average molecular weight is 333 g/mol. The molecule has 0 aliphatic heterocycles. The summed E-state index contributed by atoms with van der Waals surface area (Å²) in [5, 5.41) is 10.7. The summed E-state index contributed by atoms with van der Waals surface area (Å²) < 4.78 is 0. The van der Waals surface area contributed by atoms with Gasteiger partial charge in [-0.25, -0.2) is 0 Å². The van der Waals surface area contributed by atoms with E-state index in [2.05, 4.69) is 25.4 Å². The summed E-state index contributed by atoms with van der Waals surface area (Å²) in [6.07, 6.45) is 1.64. The molecule has 0 aliphatic rings. The Balaban J connectivity index is 0.000000605. The molecule has 0 bridgehead atoms. The molecule has 5 nitrogen and oxygen atoms in total. The van der Waals surface area contributed by atoms with E-state index in [1.807, 2.05) is 6.92 Å². The van der Waals surface area contributed by atoms with Crippen molar-refractivity contribution in [2.45, 2.75) is 6.92 Å². The molecule has 0 atom stereocenters. The van der Waals surface area contributed by atoms with Crippen LogP contribution in [-0.4, -0.2) is 20.3 Å². The fourth-order valence-corrected chi connectivity index (χ4v) is 0.703. The van der Waals surface area contributed by atoms with E-state index in [1.165, 1.54) is 0 Å². The number of aryl methyl sites for hydroxylation is 1. The van der Waals surface area contributed by atoms with Crippen LogP contribution in [0.15, 0.2) is 6.20 Å². The summed E-state index contributed by atoms with van der Waals surface area (Å²) in [4.78, 5) is 7.98. The minimum Gasteiger partial charge on any atom is -0.361 e. The van der Waals surface area contributed by atoms with Crippen molar-refractivity contribution in [3.63, 3.8) is 0 Å². The Labute approximate surface area is 84.3 Å². The van der Waals surface area contributed by atoms with E-state index in [0.29, 0.717) is 11.3 Å². The summed E-state index contributed by atoms with van der Waals surface area (Å²) in [5.74, 6) is 0. The molecule has 0 saturated heterocycles. The van der Waals surface area contributed by atoms with Crippen molar-refractivity contribution >= 4 is 11.3 Å². The molecule has 0 unspecified atom stereocenters. The average Bonchev–Trinajstić information content (AvgIpc) is 2.33. The molecule has 6 heteroatoms. The molecule has 2 rings (SSSR count). The number of hydrogen-bond donors (Lipinski definition) is 0. The van der Waals surface area contributed by atoms with Gasteiger partial charge in [0.1, 0.15) is 5.65 Å². The zero-order valence-corrected chi connectivity index (χ0v) is 9.66. The summed E-state index contributed by atoms with van der Waals surface area (Å²) >= 11 is 0. The van der Waals surface area contributed by atoms with Crippen LogP contribution < -0.4 is 5.10 Å². The number of fused-ring (bicyclic) bond motifs is 1. The first-order chi connectivity index (χ1) is 4.86. The molecule has 0 aliphatic carbocycles. The minimum atomic E-state index is 0. The van der Waals surface area contributed by atoms with Crippen LogP contribution >= 0.6 is 0 Å². The second-order valence-electron chi connectivity index (χ2n) is 1.95. The van der Waals surface area contributed by atoms with E-state index in [-0.39, 0.29) is 28.5 Å². The number of rotatable bonds is 0. The molecule has 0 radical (unpaired) electrons. The smallest absolute Gasteiger partial charge is 0.361 e. The molecular weight excluding hydrogens is 326 g/mol. The van der Waals surface area contributed by atoms with Crippen molar-refractivity contribution in [2.75, 3.05) is 0 Å². The molecule has 2 heterocycles. The van der Waals surface area contributed by atoms with Crippen LogP contribution in [0, 0.1) is 14.4 Å². The van der Waals surface area contributed by atoms with Gasteiger partial charge in [0, 0.05) is 6.20 Å². The Morgan fingerprint density at radius 1 is 1.42 bits per heavy atom.